The first-order chi connectivity index (χ1) is 7.62. The van der Waals surface area contributed by atoms with Crippen molar-refractivity contribution in [3.63, 3.8) is 0 Å². The Bertz CT molecular complexity index is 383. The molecule has 1 aliphatic heterocycles. The molecule has 1 fully saturated rings. The van der Waals surface area contributed by atoms with Gasteiger partial charge in [0.25, 0.3) is 0 Å². The first-order valence-corrected chi connectivity index (χ1v) is 7.43. The van der Waals surface area contributed by atoms with Gasteiger partial charge in [0.05, 0.1) is 11.7 Å². The second kappa shape index (κ2) is 4.94. The highest BCUT2D eigenvalue weighted by molar-refractivity contribution is 7.89. The van der Waals surface area contributed by atoms with Crippen LogP contribution in [0.2, 0.25) is 0 Å². The molecule has 0 bridgehead atoms. The van der Waals surface area contributed by atoms with E-state index in [1.165, 1.54) is 4.31 Å². The van der Waals surface area contributed by atoms with Gasteiger partial charge in [0, 0.05) is 13.1 Å². The van der Waals surface area contributed by atoms with Gasteiger partial charge in [0.2, 0.25) is 10.0 Å². The van der Waals surface area contributed by atoms with Crippen molar-refractivity contribution in [1.82, 2.24) is 4.31 Å². The Labute approximate surface area is 103 Å². The molecule has 1 atom stereocenters. The van der Waals surface area contributed by atoms with E-state index in [0.717, 1.165) is 0 Å². The number of carboxylic acids is 1. The largest absolute Gasteiger partial charge is 0.481 e. The minimum atomic E-state index is -3.20. The van der Waals surface area contributed by atoms with Crippen LogP contribution in [0.15, 0.2) is 0 Å². The van der Waals surface area contributed by atoms with E-state index >= 15 is 0 Å². The van der Waals surface area contributed by atoms with Crippen LogP contribution in [0.3, 0.4) is 0 Å². The Hall–Kier alpha value is -0.620. The van der Waals surface area contributed by atoms with Crippen molar-refractivity contribution in [2.45, 2.75) is 33.6 Å². The molecule has 0 saturated carbocycles. The molecule has 1 unspecified atom stereocenters. The normalized spacial score (nSPS) is 22.5. The van der Waals surface area contributed by atoms with Crippen molar-refractivity contribution in [1.29, 1.82) is 0 Å². The van der Waals surface area contributed by atoms with Gasteiger partial charge in [0.1, 0.15) is 0 Å². The van der Waals surface area contributed by atoms with E-state index in [2.05, 4.69) is 0 Å². The summed E-state index contributed by atoms with van der Waals surface area (Å²) in [5, 5.41) is 9.15. The van der Waals surface area contributed by atoms with Crippen LogP contribution < -0.4 is 0 Å². The van der Waals surface area contributed by atoms with E-state index in [0.29, 0.717) is 19.4 Å². The fraction of sp³-hybridized carbons (Fsp3) is 0.909. The van der Waals surface area contributed by atoms with Crippen LogP contribution in [-0.2, 0) is 14.8 Å². The fourth-order valence-corrected chi connectivity index (χ4v) is 3.68. The summed E-state index contributed by atoms with van der Waals surface area (Å²) < 4.78 is 24.6. The summed E-state index contributed by atoms with van der Waals surface area (Å²) in [5.74, 6) is -1.39. The predicted octanol–water partition coefficient (Wildman–Crippen LogP) is 1.16. The molecule has 1 saturated heterocycles. The van der Waals surface area contributed by atoms with E-state index in [-0.39, 0.29) is 17.7 Å². The summed E-state index contributed by atoms with van der Waals surface area (Å²) in [6, 6.07) is 0. The van der Waals surface area contributed by atoms with Gasteiger partial charge in [-0.25, -0.2) is 12.7 Å². The third kappa shape index (κ3) is 4.27. The van der Waals surface area contributed by atoms with Crippen molar-refractivity contribution in [3.05, 3.63) is 0 Å². The Kier molecular flexibility index (Phi) is 4.19. The average molecular weight is 263 g/mol. The van der Waals surface area contributed by atoms with Crippen molar-refractivity contribution in [2.75, 3.05) is 18.8 Å². The number of rotatable bonds is 4. The van der Waals surface area contributed by atoms with Gasteiger partial charge in [-0.2, -0.15) is 0 Å². The molecular formula is C11H21NO4S. The van der Waals surface area contributed by atoms with Crippen molar-refractivity contribution in [3.8, 4) is 0 Å². The molecule has 0 aromatic carbocycles. The zero-order valence-electron chi connectivity index (χ0n) is 10.6. The van der Waals surface area contributed by atoms with E-state index < -0.39 is 21.9 Å². The molecule has 0 radical (unpaired) electrons. The summed E-state index contributed by atoms with van der Waals surface area (Å²) >= 11 is 0. The Morgan fingerprint density at radius 2 is 2.00 bits per heavy atom. The van der Waals surface area contributed by atoms with E-state index in [4.69, 9.17) is 5.11 Å². The zero-order chi connectivity index (χ0) is 13.3. The second-order valence-corrected chi connectivity index (χ2v) is 7.92. The van der Waals surface area contributed by atoms with Crippen LogP contribution in [-0.4, -0.2) is 42.6 Å². The summed E-state index contributed by atoms with van der Waals surface area (Å²) in [4.78, 5) is 11.2. The Morgan fingerprint density at radius 1 is 1.41 bits per heavy atom. The summed E-state index contributed by atoms with van der Waals surface area (Å²) in [6.07, 6.45) is 1.08. The first-order valence-electron chi connectivity index (χ1n) is 5.82. The van der Waals surface area contributed by atoms with Crippen LogP contribution in [0.25, 0.3) is 0 Å². The standard InChI is InChI=1S/C11H21NO4S/c1-11(2,3)7-9(10(13)14)8-12-5-4-6-17(12,15)16/h9H,4-8H2,1-3H3,(H,13,14). The minimum Gasteiger partial charge on any atom is -0.481 e. The van der Waals surface area contributed by atoms with E-state index in [1.807, 2.05) is 20.8 Å². The third-order valence-electron chi connectivity index (χ3n) is 2.84. The summed E-state index contributed by atoms with van der Waals surface area (Å²) in [5.41, 5.74) is -0.119. The number of nitrogens with zero attached hydrogens (tertiary/aromatic N) is 1. The maximum atomic E-state index is 11.6. The van der Waals surface area contributed by atoms with Gasteiger partial charge in [-0.15, -0.1) is 0 Å². The van der Waals surface area contributed by atoms with Gasteiger partial charge in [0.15, 0.2) is 0 Å². The number of sulfonamides is 1. The third-order valence-corrected chi connectivity index (χ3v) is 4.76. The molecule has 0 aromatic heterocycles. The zero-order valence-corrected chi connectivity index (χ0v) is 11.5. The lowest BCUT2D eigenvalue weighted by Gasteiger charge is -2.26. The van der Waals surface area contributed by atoms with Crippen molar-refractivity contribution < 1.29 is 18.3 Å². The first kappa shape index (κ1) is 14.4. The highest BCUT2D eigenvalue weighted by atomic mass is 32.2. The number of hydrogen-bond acceptors (Lipinski definition) is 3. The van der Waals surface area contributed by atoms with Crippen LogP contribution in [0.5, 0.6) is 0 Å². The van der Waals surface area contributed by atoms with Crippen LogP contribution in [0.4, 0.5) is 0 Å². The van der Waals surface area contributed by atoms with Gasteiger partial charge in [-0.05, 0) is 18.3 Å². The number of hydrogen-bond donors (Lipinski definition) is 1. The quantitative estimate of drug-likeness (QED) is 0.826. The number of aliphatic carboxylic acids is 1. The Morgan fingerprint density at radius 3 is 2.35 bits per heavy atom. The molecule has 0 aliphatic carbocycles. The molecule has 1 rings (SSSR count). The highest BCUT2D eigenvalue weighted by Gasteiger charge is 2.34. The topological polar surface area (TPSA) is 74.7 Å². The average Bonchev–Trinajstić information content (AvgIpc) is 2.42. The summed E-state index contributed by atoms with van der Waals surface area (Å²) in [6.45, 7) is 6.44. The molecule has 1 aliphatic rings. The SMILES string of the molecule is CC(C)(C)CC(CN1CCCS1(=O)=O)C(=O)O. The number of carbonyl (C=O) groups is 1. The fourth-order valence-electron chi connectivity index (χ4n) is 2.11. The molecule has 0 aromatic rings. The maximum absolute atomic E-state index is 11.6. The molecule has 0 amide bonds. The van der Waals surface area contributed by atoms with Gasteiger partial charge in [-0.3, -0.25) is 4.79 Å². The summed E-state index contributed by atoms with van der Waals surface area (Å²) in [7, 11) is -3.20. The molecule has 100 valence electrons. The molecule has 1 N–H and O–H groups in total. The monoisotopic (exact) mass is 263 g/mol. The van der Waals surface area contributed by atoms with Gasteiger partial charge in [-0.1, -0.05) is 20.8 Å². The molecule has 0 spiro atoms. The molecule has 6 heteroatoms. The lowest BCUT2D eigenvalue weighted by molar-refractivity contribution is -0.143. The van der Waals surface area contributed by atoms with Crippen LogP contribution in [0.1, 0.15) is 33.6 Å². The smallest absolute Gasteiger partial charge is 0.307 e. The molecule has 17 heavy (non-hydrogen) atoms. The lowest BCUT2D eigenvalue weighted by Crippen LogP contribution is -2.36. The van der Waals surface area contributed by atoms with E-state index in [1.54, 1.807) is 0 Å². The van der Waals surface area contributed by atoms with Crippen molar-refractivity contribution in [2.24, 2.45) is 11.3 Å². The van der Waals surface area contributed by atoms with Crippen LogP contribution in [0, 0.1) is 11.3 Å². The number of carboxylic acid groups (broad SMARTS) is 1. The van der Waals surface area contributed by atoms with Crippen molar-refractivity contribution >= 4 is 16.0 Å². The van der Waals surface area contributed by atoms with Gasteiger partial charge < -0.3 is 5.11 Å². The van der Waals surface area contributed by atoms with Crippen LogP contribution >= 0.6 is 0 Å². The lowest BCUT2D eigenvalue weighted by atomic mass is 9.84. The second-order valence-electron chi connectivity index (χ2n) is 5.83. The Balaban J connectivity index is 2.71. The molecule has 1 heterocycles. The highest BCUT2D eigenvalue weighted by Crippen LogP contribution is 2.27. The van der Waals surface area contributed by atoms with Gasteiger partial charge >= 0.3 is 5.97 Å². The predicted molar refractivity (Wildman–Crippen MR) is 65.2 cm³/mol. The van der Waals surface area contributed by atoms with E-state index in [9.17, 15) is 13.2 Å². The molecule has 5 nitrogen and oxygen atoms in total. The maximum Gasteiger partial charge on any atom is 0.307 e. The minimum absolute atomic E-state index is 0.106. The molecular weight excluding hydrogens is 242 g/mol.